The number of aromatic nitrogens is 1. The first-order valence-corrected chi connectivity index (χ1v) is 12.9. The van der Waals surface area contributed by atoms with E-state index < -0.39 is 0 Å². The topological polar surface area (TPSA) is 67.2 Å². The Bertz CT molecular complexity index is 1290. The Hall–Kier alpha value is -3.03. The van der Waals surface area contributed by atoms with Crippen molar-refractivity contribution in [3.8, 4) is 11.5 Å². The third kappa shape index (κ3) is 3.51. The van der Waals surface area contributed by atoms with E-state index >= 15 is 0 Å². The molecule has 2 aliphatic heterocycles. The molecule has 0 unspecified atom stereocenters. The molecular weight excluding hydrogens is 454 g/mol. The van der Waals surface area contributed by atoms with Crippen molar-refractivity contribution >= 4 is 16.8 Å². The van der Waals surface area contributed by atoms with Crippen molar-refractivity contribution in [1.29, 1.82) is 0 Å². The lowest BCUT2D eigenvalue weighted by molar-refractivity contribution is -0.148. The van der Waals surface area contributed by atoms with E-state index in [1.807, 2.05) is 18.2 Å². The Morgan fingerprint density at radius 2 is 1.72 bits per heavy atom. The number of aryl methyl sites for hydroxylation is 1. The number of amides is 1. The van der Waals surface area contributed by atoms with Gasteiger partial charge in [0.15, 0.2) is 0 Å². The van der Waals surface area contributed by atoms with Crippen LogP contribution in [-0.4, -0.2) is 65.8 Å². The second kappa shape index (κ2) is 8.82. The highest BCUT2D eigenvalue weighted by atomic mass is 16.5. The van der Waals surface area contributed by atoms with Crippen LogP contribution in [0.1, 0.15) is 42.1 Å². The van der Waals surface area contributed by atoms with Gasteiger partial charge in [0, 0.05) is 61.7 Å². The normalized spacial score (nSPS) is 21.2. The summed E-state index contributed by atoms with van der Waals surface area (Å²) in [4.78, 5) is 17.6. The van der Waals surface area contributed by atoms with E-state index in [2.05, 4.69) is 45.7 Å². The second-order valence-electron chi connectivity index (χ2n) is 10.8. The number of likely N-dealkylation sites (tertiary alicyclic amines) is 1. The molecule has 2 aromatic carbocycles. The maximum absolute atomic E-state index is 13.1. The fourth-order valence-electron chi connectivity index (χ4n) is 6.61. The Morgan fingerprint density at radius 1 is 1.03 bits per heavy atom. The lowest BCUT2D eigenvalue weighted by Gasteiger charge is -2.57. The van der Waals surface area contributed by atoms with Crippen molar-refractivity contribution in [1.82, 2.24) is 14.4 Å². The Balaban J connectivity index is 1.42. The molecule has 7 nitrogen and oxygen atoms in total. The summed E-state index contributed by atoms with van der Waals surface area (Å²) in [5.74, 6) is 2.19. The van der Waals surface area contributed by atoms with Crippen LogP contribution in [0, 0.1) is 5.92 Å². The molecule has 1 atom stereocenters. The van der Waals surface area contributed by atoms with Crippen LogP contribution in [-0.2, 0) is 23.8 Å². The summed E-state index contributed by atoms with van der Waals surface area (Å²) >= 11 is 0. The summed E-state index contributed by atoms with van der Waals surface area (Å²) < 4.78 is 13.1. The predicted molar refractivity (Wildman–Crippen MR) is 138 cm³/mol. The van der Waals surface area contributed by atoms with Gasteiger partial charge in [0.1, 0.15) is 11.5 Å². The molecule has 1 saturated carbocycles. The number of nitrogens with zero attached hydrogens (tertiary/aromatic N) is 3. The first kappa shape index (κ1) is 23.4. The molecule has 1 aromatic heterocycles. The standard InChI is InChI=1S/C29H35N3O4/c1-30-24-13-22(36-3)11-12-23(24)26-27(30)25(15-33)31(14-19-7-9-21(35-2)10-8-19)16-29(26)17-32(18-29)28(34)20-5-4-6-20/h7-13,20,25,33H,4-6,14-18H2,1-3H3/t25-/m1/s1. The maximum atomic E-state index is 13.1. The molecule has 3 aromatic rings. The molecule has 3 aliphatic rings. The second-order valence-corrected chi connectivity index (χ2v) is 10.8. The van der Waals surface area contributed by atoms with Crippen LogP contribution < -0.4 is 9.47 Å². The SMILES string of the molecule is COc1ccc(CN2CC3(CN(C(=O)C4CCC4)C3)c3c(n(C)c4cc(OC)ccc34)[C@H]2CO)cc1. The van der Waals surface area contributed by atoms with E-state index in [1.54, 1.807) is 14.2 Å². The predicted octanol–water partition coefficient (Wildman–Crippen LogP) is 3.62. The number of benzene rings is 2. The molecule has 0 radical (unpaired) electrons. The number of carbonyl (C=O) groups excluding carboxylic acids is 1. The van der Waals surface area contributed by atoms with Gasteiger partial charge in [0.25, 0.3) is 0 Å². The van der Waals surface area contributed by atoms with Gasteiger partial charge in [-0.25, -0.2) is 0 Å². The average molecular weight is 490 g/mol. The molecule has 7 heteroatoms. The van der Waals surface area contributed by atoms with Crippen molar-refractivity contribution in [2.24, 2.45) is 13.0 Å². The molecule has 36 heavy (non-hydrogen) atoms. The van der Waals surface area contributed by atoms with Crippen LogP contribution in [0.2, 0.25) is 0 Å². The Morgan fingerprint density at radius 3 is 2.33 bits per heavy atom. The highest BCUT2D eigenvalue weighted by Crippen LogP contribution is 2.50. The van der Waals surface area contributed by atoms with E-state index in [0.717, 1.165) is 61.7 Å². The fraction of sp³-hybridized carbons (Fsp3) is 0.483. The molecule has 0 bridgehead atoms. The largest absolute Gasteiger partial charge is 0.497 e. The van der Waals surface area contributed by atoms with Gasteiger partial charge < -0.3 is 24.0 Å². The minimum atomic E-state index is -0.152. The van der Waals surface area contributed by atoms with Gasteiger partial charge in [-0.15, -0.1) is 0 Å². The maximum Gasteiger partial charge on any atom is 0.225 e. The first-order chi connectivity index (χ1) is 17.5. The molecule has 1 saturated heterocycles. The smallest absolute Gasteiger partial charge is 0.225 e. The molecule has 3 heterocycles. The molecule has 190 valence electrons. The zero-order chi connectivity index (χ0) is 25.0. The highest BCUT2D eigenvalue weighted by molar-refractivity contribution is 5.90. The number of methoxy groups -OCH3 is 2. The van der Waals surface area contributed by atoms with E-state index in [0.29, 0.717) is 5.91 Å². The number of hydrogen-bond donors (Lipinski definition) is 1. The number of hydrogen-bond acceptors (Lipinski definition) is 5. The summed E-state index contributed by atoms with van der Waals surface area (Å²) in [6, 6.07) is 14.3. The molecule has 1 amide bonds. The first-order valence-electron chi connectivity index (χ1n) is 12.9. The van der Waals surface area contributed by atoms with Gasteiger partial charge in [-0.2, -0.15) is 0 Å². The van der Waals surface area contributed by atoms with Crippen molar-refractivity contribution in [2.75, 3.05) is 40.5 Å². The number of aliphatic hydroxyl groups excluding tert-OH is 1. The van der Waals surface area contributed by atoms with Crippen molar-refractivity contribution < 1.29 is 19.4 Å². The van der Waals surface area contributed by atoms with Gasteiger partial charge >= 0.3 is 0 Å². The summed E-state index contributed by atoms with van der Waals surface area (Å²) in [5.41, 5.74) is 4.57. The van der Waals surface area contributed by atoms with E-state index in [-0.39, 0.29) is 24.0 Å². The molecule has 1 aliphatic carbocycles. The lowest BCUT2D eigenvalue weighted by atomic mass is 9.68. The van der Waals surface area contributed by atoms with Crippen LogP contribution in [0.25, 0.3) is 10.9 Å². The fourth-order valence-corrected chi connectivity index (χ4v) is 6.61. The van der Waals surface area contributed by atoms with Crippen molar-refractivity contribution in [2.45, 2.75) is 37.3 Å². The van der Waals surface area contributed by atoms with Gasteiger partial charge in [0.05, 0.1) is 32.4 Å². The lowest BCUT2D eigenvalue weighted by Crippen LogP contribution is -2.68. The summed E-state index contributed by atoms with van der Waals surface area (Å²) in [5, 5.41) is 11.9. The third-order valence-corrected chi connectivity index (χ3v) is 8.72. The molecular formula is C29H35N3O4. The van der Waals surface area contributed by atoms with Crippen LogP contribution in [0.3, 0.4) is 0 Å². The highest BCUT2D eigenvalue weighted by Gasteiger charge is 2.55. The zero-order valence-corrected chi connectivity index (χ0v) is 21.4. The van der Waals surface area contributed by atoms with Gasteiger partial charge in [-0.3, -0.25) is 9.69 Å². The quantitative estimate of drug-likeness (QED) is 0.573. The summed E-state index contributed by atoms with van der Waals surface area (Å²) in [6.07, 6.45) is 3.22. The zero-order valence-electron chi connectivity index (χ0n) is 21.4. The molecule has 1 spiro atoms. The minimum Gasteiger partial charge on any atom is -0.497 e. The monoisotopic (exact) mass is 489 g/mol. The van der Waals surface area contributed by atoms with E-state index in [4.69, 9.17) is 9.47 Å². The number of aliphatic hydroxyl groups is 1. The number of fused-ring (bicyclic) bond motifs is 4. The number of rotatable bonds is 6. The average Bonchev–Trinajstić information content (AvgIpc) is 3.13. The van der Waals surface area contributed by atoms with Crippen LogP contribution in [0.15, 0.2) is 42.5 Å². The minimum absolute atomic E-state index is 0.0330. The number of ether oxygens (including phenoxy) is 2. The Labute approximate surface area is 212 Å². The molecule has 1 N–H and O–H groups in total. The number of carbonyl (C=O) groups is 1. The van der Waals surface area contributed by atoms with E-state index in [9.17, 15) is 9.90 Å². The summed E-state index contributed by atoms with van der Waals surface area (Å²) in [7, 11) is 5.45. The van der Waals surface area contributed by atoms with Gasteiger partial charge in [-0.1, -0.05) is 18.6 Å². The van der Waals surface area contributed by atoms with E-state index in [1.165, 1.54) is 22.9 Å². The van der Waals surface area contributed by atoms with Crippen molar-refractivity contribution in [3.63, 3.8) is 0 Å². The van der Waals surface area contributed by atoms with Crippen molar-refractivity contribution in [3.05, 3.63) is 59.3 Å². The molecule has 6 rings (SSSR count). The third-order valence-electron chi connectivity index (χ3n) is 8.72. The summed E-state index contributed by atoms with van der Waals surface area (Å²) in [6.45, 7) is 3.02. The van der Waals surface area contributed by atoms with Crippen LogP contribution in [0.4, 0.5) is 0 Å². The van der Waals surface area contributed by atoms with Crippen LogP contribution >= 0.6 is 0 Å². The van der Waals surface area contributed by atoms with Gasteiger partial charge in [-0.05, 0) is 48.2 Å². The van der Waals surface area contributed by atoms with Gasteiger partial charge in [0.2, 0.25) is 5.91 Å². The molecule has 2 fully saturated rings. The van der Waals surface area contributed by atoms with Crippen LogP contribution in [0.5, 0.6) is 11.5 Å². The Kier molecular flexibility index (Phi) is 5.73.